The molecule has 1 rings (SSSR count). The van der Waals surface area contributed by atoms with Gasteiger partial charge < -0.3 is 14.9 Å². The second kappa shape index (κ2) is 6.89. The van der Waals surface area contributed by atoms with Crippen LogP contribution in [-0.2, 0) is 20.7 Å². The van der Waals surface area contributed by atoms with Crippen molar-refractivity contribution in [2.45, 2.75) is 32.8 Å². The van der Waals surface area contributed by atoms with Crippen molar-refractivity contribution in [2.75, 3.05) is 6.61 Å². The van der Waals surface area contributed by atoms with E-state index >= 15 is 0 Å². The summed E-state index contributed by atoms with van der Waals surface area (Å²) in [6.07, 6.45) is -0.839. The third-order valence-corrected chi connectivity index (χ3v) is 2.83. The van der Waals surface area contributed by atoms with Gasteiger partial charge in [-0.1, -0.05) is 18.2 Å². The fraction of sp³-hybridized carbons (Fsp3) is 0.429. The molecule has 19 heavy (non-hydrogen) atoms. The number of ether oxygens (including phenoxy) is 1. The summed E-state index contributed by atoms with van der Waals surface area (Å²) in [4.78, 5) is 22.0. The van der Waals surface area contributed by atoms with Crippen LogP contribution in [0.2, 0.25) is 0 Å². The number of hydrogen-bond acceptors (Lipinski definition) is 4. The number of rotatable bonds is 6. The first-order chi connectivity index (χ1) is 8.95. The van der Waals surface area contributed by atoms with Gasteiger partial charge >= 0.3 is 11.9 Å². The van der Waals surface area contributed by atoms with Crippen LogP contribution in [0.25, 0.3) is 0 Å². The quantitative estimate of drug-likeness (QED) is 0.764. The van der Waals surface area contributed by atoms with Crippen LogP contribution in [0.4, 0.5) is 0 Å². The van der Waals surface area contributed by atoms with E-state index in [0.29, 0.717) is 18.6 Å². The minimum Gasteiger partial charge on any atom is -0.479 e. The molecule has 1 aromatic carbocycles. The predicted octanol–water partition coefficient (Wildman–Crippen LogP) is 1.61. The zero-order valence-electron chi connectivity index (χ0n) is 11.0. The van der Waals surface area contributed by atoms with E-state index in [0.717, 1.165) is 11.1 Å². The van der Waals surface area contributed by atoms with Gasteiger partial charge in [0.2, 0.25) is 0 Å². The number of aryl methyl sites for hydroxylation is 2. The molecule has 0 fully saturated rings. The van der Waals surface area contributed by atoms with Crippen LogP contribution < -0.4 is 0 Å². The molecule has 5 heteroatoms. The topological polar surface area (TPSA) is 83.8 Å². The lowest BCUT2D eigenvalue weighted by molar-refractivity contribution is -0.147. The number of aliphatic hydroxyl groups is 1. The van der Waals surface area contributed by atoms with Crippen LogP contribution in [0, 0.1) is 6.92 Å². The smallest absolute Gasteiger partial charge is 0.337 e. The third-order valence-electron chi connectivity index (χ3n) is 2.83. The van der Waals surface area contributed by atoms with E-state index in [4.69, 9.17) is 9.84 Å². The van der Waals surface area contributed by atoms with Crippen molar-refractivity contribution in [3.05, 3.63) is 34.9 Å². The first-order valence-corrected chi connectivity index (χ1v) is 6.11. The molecular formula is C14H18O5. The molecule has 0 amide bonds. The highest BCUT2D eigenvalue weighted by atomic mass is 16.5. The van der Waals surface area contributed by atoms with E-state index in [1.165, 1.54) is 0 Å². The van der Waals surface area contributed by atoms with Crippen molar-refractivity contribution >= 4 is 11.9 Å². The second-order valence-corrected chi connectivity index (χ2v) is 4.23. The maximum absolute atomic E-state index is 11.3. The van der Waals surface area contributed by atoms with E-state index in [9.17, 15) is 14.7 Å². The first-order valence-electron chi connectivity index (χ1n) is 6.11. The van der Waals surface area contributed by atoms with E-state index < -0.39 is 12.1 Å². The van der Waals surface area contributed by atoms with E-state index in [1.807, 2.05) is 6.92 Å². The number of esters is 1. The lowest BCUT2D eigenvalue weighted by atomic mass is 9.98. The summed E-state index contributed by atoms with van der Waals surface area (Å²) < 4.78 is 4.84. The number of carboxylic acid groups (broad SMARTS) is 1. The summed E-state index contributed by atoms with van der Waals surface area (Å²) in [5.74, 6) is -1.58. The van der Waals surface area contributed by atoms with Gasteiger partial charge in [0, 0.05) is 6.42 Å². The number of carbonyl (C=O) groups excluding carboxylic acids is 1. The lowest BCUT2D eigenvalue weighted by Crippen LogP contribution is -2.11. The standard InChI is InChI=1S/C14H18O5/c1-3-19-12(15)7-6-10-8-11(5-4-9(10)2)13(16)14(17)18/h4-5,8,13,16H,3,6-7H2,1-2H3,(H,17,18). The van der Waals surface area contributed by atoms with Gasteiger partial charge in [-0.15, -0.1) is 0 Å². The fourth-order valence-electron chi connectivity index (χ4n) is 1.74. The largest absolute Gasteiger partial charge is 0.479 e. The summed E-state index contributed by atoms with van der Waals surface area (Å²) in [6, 6.07) is 4.93. The highest BCUT2D eigenvalue weighted by molar-refractivity contribution is 5.74. The Hall–Kier alpha value is -1.88. The molecule has 5 nitrogen and oxygen atoms in total. The van der Waals surface area contributed by atoms with Gasteiger partial charge in [-0.3, -0.25) is 4.79 Å². The summed E-state index contributed by atoms with van der Waals surface area (Å²) in [7, 11) is 0. The predicted molar refractivity (Wildman–Crippen MR) is 68.7 cm³/mol. The van der Waals surface area contributed by atoms with Crippen LogP contribution in [0.1, 0.15) is 36.1 Å². The van der Waals surface area contributed by atoms with Crippen molar-refractivity contribution in [3.63, 3.8) is 0 Å². The highest BCUT2D eigenvalue weighted by Crippen LogP contribution is 2.19. The maximum Gasteiger partial charge on any atom is 0.337 e. The molecule has 0 aromatic heterocycles. The van der Waals surface area contributed by atoms with E-state index in [-0.39, 0.29) is 12.4 Å². The number of aliphatic carboxylic acids is 1. The average molecular weight is 266 g/mol. The van der Waals surface area contributed by atoms with Gasteiger partial charge in [0.05, 0.1) is 6.61 Å². The van der Waals surface area contributed by atoms with Gasteiger partial charge in [-0.25, -0.2) is 4.79 Å². The zero-order chi connectivity index (χ0) is 14.4. The van der Waals surface area contributed by atoms with Crippen molar-refractivity contribution in [1.82, 2.24) is 0 Å². The minimum absolute atomic E-state index is 0.237. The lowest BCUT2D eigenvalue weighted by Gasteiger charge is -2.11. The number of hydrogen-bond donors (Lipinski definition) is 2. The Morgan fingerprint density at radius 2 is 2.05 bits per heavy atom. The van der Waals surface area contributed by atoms with Crippen LogP contribution in [0.15, 0.2) is 18.2 Å². The molecule has 0 saturated heterocycles. The molecule has 0 saturated carbocycles. The highest BCUT2D eigenvalue weighted by Gasteiger charge is 2.17. The Labute approximate surface area is 111 Å². The summed E-state index contributed by atoms with van der Waals surface area (Å²) in [5.41, 5.74) is 2.11. The maximum atomic E-state index is 11.3. The SMILES string of the molecule is CCOC(=O)CCc1cc(C(O)C(=O)O)ccc1C. The first kappa shape index (κ1) is 15.2. The van der Waals surface area contributed by atoms with Crippen LogP contribution in [0.5, 0.6) is 0 Å². The molecule has 0 heterocycles. The molecule has 2 N–H and O–H groups in total. The molecule has 1 atom stereocenters. The summed E-state index contributed by atoms with van der Waals surface area (Å²) >= 11 is 0. The Morgan fingerprint density at radius 1 is 1.37 bits per heavy atom. The normalized spacial score (nSPS) is 11.9. The van der Waals surface area contributed by atoms with Gasteiger partial charge in [-0.2, -0.15) is 0 Å². The minimum atomic E-state index is -1.54. The van der Waals surface area contributed by atoms with Crippen molar-refractivity contribution < 1.29 is 24.5 Å². The molecule has 0 aliphatic rings. The van der Waals surface area contributed by atoms with Gasteiger partial charge in [0.25, 0.3) is 0 Å². The van der Waals surface area contributed by atoms with Crippen molar-refractivity contribution in [3.8, 4) is 0 Å². The number of carboxylic acids is 1. The van der Waals surface area contributed by atoms with Crippen LogP contribution >= 0.6 is 0 Å². The monoisotopic (exact) mass is 266 g/mol. The molecule has 1 unspecified atom stereocenters. The fourth-order valence-corrected chi connectivity index (χ4v) is 1.74. The zero-order valence-corrected chi connectivity index (χ0v) is 11.0. The third kappa shape index (κ3) is 4.37. The molecular weight excluding hydrogens is 248 g/mol. The van der Waals surface area contributed by atoms with Crippen molar-refractivity contribution in [2.24, 2.45) is 0 Å². The number of benzene rings is 1. The Morgan fingerprint density at radius 3 is 2.63 bits per heavy atom. The van der Waals surface area contributed by atoms with Crippen molar-refractivity contribution in [1.29, 1.82) is 0 Å². The van der Waals surface area contributed by atoms with Crippen LogP contribution in [-0.4, -0.2) is 28.8 Å². The van der Waals surface area contributed by atoms with Gasteiger partial charge in [0.15, 0.2) is 6.10 Å². The molecule has 0 aliphatic carbocycles. The second-order valence-electron chi connectivity index (χ2n) is 4.23. The molecule has 104 valence electrons. The van der Waals surface area contributed by atoms with E-state index in [1.54, 1.807) is 25.1 Å². The summed E-state index contributed by atoms with van der Waals surface area (Å²) in [6.45, 7) is 3.96. The average Bonchev–Trinajstić information content (AvgIpc) is 2.37. The Balaban J connectivity index is 2.80. The molecule has 1 aromatic rings. The number of aliphatic hydroxyl groups excluding tert-OH is 1. The van der Waals surface area contributed by atoms with Gasteiger partial charge in [0.1, 0.15) is 0 Å². The van der Waals surface area contributed by atoms with Gasteiger partial charge in [-0.05, 0) is 37.0 Å². The Kier molecular flexibility index (Phi) is 5.51. The molecule has 0 bridgehead atoms. The van der Waals surface area contributed by atoms with Crippen LogP contribution in [0.3, 0.4) is 0 Å². The Bertz CT molecular complexity index is 467. The number of carbonyl (C=O) groups is 2. The molecule has 0 aliphatic heterocycles. The van der Waals surface area contributed by atoms with E-state index in [2.05, 4.69) is 0 Å². The molecule has 0 spiro atoms. The molecule has 0 radical (unpaired) electrons. The summed E-state index contributed by atoms with van der Waals surface area (Å²) in [5, 5.41) is 18.2.